The van der Waals surface area contributed by atoms with Crippen LogP contribution in [0.2, 0.25) is 0 Å². The van der Waals surface area contributed by atoms with E-state index >= 15 is 0 Å². The first-order valence-electron chi connectivity index (χ1n) is 11.4. The van der Waals surface area contributed by atoms with Gasteiger partial charge in [0.1, 0.15) is 0 Å². The molecule has 3 N–H and O–H groups in total. The van der Waals surface area contributed by atoms with Gasteiger partial charge in [0.15, 0.2) is 5.69 Å². The van der Waals surface area contributed by atoms with Crippen LogP contribution in [0.15, 0.2) is 40.6 Å². The standard InChI is InChI=1S/C22H22F5N9/c23-21(24)5-1-14(2-6-21)36-18(31-13-3-9-30-16(11-13)20(12-28)7-8-20)32-17(29)33-19(36)35-10-4-15(34-35)22(25,26)27/h3-4,9-11,14,18H,1-2,5-8H2,(H2,29,32)(H,30,31). The van der Waals surface area contributed by atoms with E-state index in [9.17, 15) is 27.2 Å². The predicted molar refractivity (Wildman–Crippen MR) is 119 cm³/mol. The topological polar surface area (TPSA) is 121 Å². The van der Waals surface area contributed by atoms with E-state index in [0.29, 0.717) is 24.2 Å². The van der Waals surface area contributed by atoms with Crippen LogP contribution in [0.1, 0.15) is 49.9 Å². The van der Waals surface area contributed by atoms with Crippen LogP contribution in [0, 0.1) is 11.3 Å². The molecule has 0 radical (unpaired) electrons. The number of aromatic nitrogens is 3. The van der Waals surface area contributed by atoms with Crippen molar-refractivity contribution in [2.24, 2.45) is 15.7 Å². The molecule has 2 saturated carbocycles. The smallest absolute Gasteiger partial charge is 0.368 e. The monoisotopic (exact) mass is 507 g/mol. The first kappa shape index (κ1) is 24.0. The number of aliphatic imine (C=N–C) groups is 2. The third kappa shape index (κ3) is 4.57. The molecule has 2 fully saturated rings. The summed E-state index contributed by atoms with van der Waals surface area (Å²) >= 11 is 0. The number of hydrogen-bond donors (Lipinski definition) is 2. The van der Waals surface area contributed by atoms with E-state index in [1.807, 2.05) is 0 Å². The van der Waals surface area contributed by atoms with Crippen molar-refractivity contribution in [3.05, 3.63) is 42.0 Å². The Morgan fingerprint density at radius 3 is 2.47 bits per heavy atom. The Balaban J connectivity index is 1.49. The quantitative estimate of drug-likeness (QED) is 0.610. The lowest BCUT2D eigenvalue weighted by molar-refractivity contribution is -0.141. The molecule has 2 aliphatic carbocycles. The second-order valence-corrected chi connectivity index (χ2v) is 9.18. The molecule has 0 saturated heterocycles. The Kier molecular flexibility index (Phi) is 5.60. The fourth-order valence-corrected chi connectivity index (χ4v) is 4.49. The number of nitriles is 1. The van der Waals surface area contributed by atoms with Gasteiger partial charge in [0.05, 0.1) is 17.2 Å². The molecule has 3 heterocycles. The van der Waals surface area contributed by atoms with Crippen molar-refractivity contribution < 1.29 is 22.0 Å². The molecular formula is C22H22F5N9. The summed E-state index contributed by atoms with van der Waals surface area (Å²) in [5.74, 6) is -3.09. The highest BCUT2D eigenvalue weighted by atomic mass is 19.4. The van der Waals surface area contributed by atoms with Crippen LogP contribution in [0.25, 0.3) is 0 Å². The molecule has 1 unspecified atom stereocenters. The van der Waals surface area contributed by atoms with E-state index < -0.39 is 35.5 Å². The summed E-state index contributed by atoms with van der Waals surface area (Å²) in [5, 5.41) is 16.3. The van der Waals surface area contributed by atoms with Crippen LogP contribution < -0.4 is 11.1 Å². The predicted octanol–water partition coefficient (Wildman–Crippen LogP) is 3.66. The zero-order chi connectivity index (χ0) is 25.7. The Morgan fingerprint density at radius 2 is 1.86 bits per heavy atom. The summed E-state index contributed by atoms with van der Waals surface area (Å²) in [6.45, 7) is 0. The van der Waals surface area contributed by atoms with Crippen LogP contribution in [0.5, 0.6) is 0 Å². The van der Waals surface area contributed by atoms with Gasteiger partial charge < -0.3 is 11.1 Å². The van der Waals surface area contributed by atoms with Gasteiger partial charge in [-0.2, -0.15) is 28.5 Å². The lowest BCUT2D eigenvalue weighted by Gasteiger charge is -2.42. The van der Waals surface area contributed by atoms with E-state index in [0.717, 1.165) is 16.9 Å². The van der Waals surface area contributed by atoms with Crippen molar-refractivity contribution in [3.63, 3.8) is 0 Å². The Bertz CT molecular complexity index is 1250. The fourth-order valence-electron chi connectivity index (χ4n) is 4.49. The van der Waals surface area contributed by atoms with Gasteiger partial charge in [0.2, 0.25) is 24.1 Å². The van der Waals surface area contributed by atoms with Crippen LogP contribution in [-0.2, 0) is 11.6 Å². The normalized spacial score (nSPS) is 23.4. The fraction of sp³-hybridized carbons (Fsp3) is 0.500. The summed E-state index contributed by atoms with van der Waals surface area (Å²) in [5.41, 5.74) is 5.27. The highest BCUT2D eigenvalue weighted by Gasteiger charge is 2.47. The van der Waals surface area contributed by atoms with Gasteiger partial charge in [0, 0.05) is 37.0 Å². The zero-order valence-electron chi connectivity index (χ0n) is 18.9. The number of rotatable bonds is 4. The van der Waals surface area contributed by atoms with Crippen LogP contribution in [0.3, 0.4) is 0 Å². The molecule has 0 spiro atoms. The number of nitrogens with one attached hydrogen (secondary N) is 1. The number of anilines is 1. The molecule has 190 valence electrons. The number of hydrogen-bond acceptors (Lipinski definition) is 8. The molecule has 1 aliphatic heterocycles. The lowest BCUT2D eigenvalue weighted by atomic mass is 9.91. The molecule has 36 heavy (non-hydrogen) atoms. The van der Waals surface area contributed by atoms with Crippen molar-refractivity contribution in [1.82, 2.24) is 19.7 Å². The maximum absolute atomic E-state index is 13.9. The number of nitrogens with two attached hydrogens (primary N) is 1. The number of guanidine groups is 1. The lowest BCUT2D eigenvalue weighted by Crippen LogP contribution is -2.56. The van der Waals surface area contributed by atoms with Gasteiger partial charge in [0.25, 0.3) is 0 Å². The van der Waals surface area contributed by atoms with E-state index in [4.69, 9.17) is 5.73 Å². The van der Waals surface area contributed by atoms with E-state index in [1.54, 1.807) is 12.1 Å². The number of nitrogens with zero attached hydrogens (tertiary/aromatic N) is 7. The molecule has 1 atom stereocenters. The van der Waals surface area contributed by atoms with Gasteiger partial charge in [-0.15, -0.1) is 0 Å². The minimum atomic E-state index is -4.68. The molecule has 9 nitrogen and oxygen atoms in total. The minimum absolute atomic E-state index is 0.0596. The third-order valence-electron chi connectivity index (χ3n) is 6.64. The number of halogens is 5. The molecule has 14 heteroatoms. The van der Waals surface area contributed by atoms with Crippen molar-refractivity contribution >= 4 is 17.6 Å². The average Bonchev–Trinajstić information content (AvgIpc) is 3.45. The van der Waals surface area contributed by atoms with Crippen molar-refractivity contribution in [2.75, 3.05) is 5.32 Å². The number of alkyl halides is 5. The molecule has 2 aromatic rings. The molecule has 5 rings (SSSR count). The van der Waals surface area contributed by atoms with Gasteiger partial charge in [-0.05, 0) is 43.9 Å². The maximum atomic E-state index is 13.9. The number of pyridine rings is 1. The first-order chi connectivity index (χ1) is 17.0. The van der Waals surface area contributed by atoms with Crippen LogP contribution in [0.4, 0.5) is 27.6 Å². The molecule has 2 aromatic heterocycles. The molecule has 0 amide bonds. The maximum Gasteiger partial charge on any atom is 0.435 e. The highest BCUT2D eigenvalue weighted by Crippen LogP contribution is 2.47. The molecule has 0 aromatic carbocycles. The SMILES string of the molecule is N#CC1(c2cc(NC3N=C(N)N=C(n4ccc(C(F)(F)F)n4)N3C3CCC(F)(F)CC3)ccn2)CC1. The second-order valence-electron chi connectivity index (χ2n) is 9.18. The van der Waals surface area contributed by atoms with E-state index in [-0.39, 0.29) is 37.6 Å². The molecule has 3 aliphatic rings. The average molecular weight is 507 g/mol. The first-order valence-corrected chi connectivity index (χ1v) is 11.4. The van der Waals surface area contributed by atoms with E-state index in [2.05, 4.69) is 31.5 Å². The summed E-state index contributed by atoms with van der Waals surface area (Å²) in [4.78, 5) is 14.3. The Labute approximate surface area is 202 Å². The summed E-state index contributed by atoms with van der Waals surface area (Å²) in [6.07, 6.45) is -2.29. The second kappa shape index (κ2) is 8.42. The largest absolute Gasteiger partial charge is 0.435 e. The van der Waals surface area contributed by atoms with E-state index in [1.165, 1.54) is 11.1 Å². The van der Waals surface area contributed by atoms with Gasteiger partial charge in [-0.1, -0.05) is 0 Å². The third-order valence-corrected chi connectivity index (χ3v) is 6.64. The zero-order valence-corrected chi connectivity index (χ0v) is 18.9. The molecule has 0 bridgehead atoms. The van der Waals surface area contributed by atoms with Gasteiger partial charge in [-0.25, -0.2) is 18.5 Å². The minimum Gasteiger partial charge on any atom is -0.368 e. The van der Waals surface area contributed by atoms with Gasteiger partial charge in [-0.3, -0.25) is 9.88 Å². The highest BCUT2D eigenvalue weighted by molar-refractivity contribution is 5.97. The summed E-state index contributed by atoms with van der Waals surface area (Å²) < 4.78 is 68.4. The molecular weight excluding hydrogens is 485 g/mol. The van der Waals surface area contributed by atoms with Crippen molar-refractivity contribution in [3.8, 4) is 6.07 Å². The summed E-state index contributed by atoms with van der Waals surface area (Å²) in [7, 11) is 0. The Morgan fingerprint density at radius 1 is 1.14 bits per heavy atom. The summed E-state index contributed by atoms with van der Waals surface area (Å²) in [6, 6.07) is 5.91. The van der Waals surface area contributed by atoms with Crippen LogP contribution in [-0.4, -0.2) is 49.8 Å². The van der Waals surface area contributed by atoms with Gasteiger partial charge >= 0.3 is 6.18 Å². The van der Waals surface area contributed by atoms with Crippen molar-refractivity contribution in [1.29, 1.82) is 5.26 Å². The Hall–Kier alpha value is -3.76. The van der Waals surface area contributed by atoms with Crippen LogP contribution >= 0.6 is 0 Å². The van der Waals surface area contributed by atoms with Crippen molar-refractivity contribution in [2.45, 2.75) is 68.4 Å².